The van der Waals surface area contributed by atoms with E-state index in [1.807, 2.05) is 0 Å². The third-order valence-corrected chi connectivity index (χ3v) is 6.49. The topological polar surface area (TPSA) is 92.7 Å². The number of halogens is 1. The molecule has 1 aromatic carbocycles. The Morgan fingerprint density at radius 1 is 1.45 bits per heavy atom. The van der Waals surface area contributed by atoms with Crippen LogP contribution >= 0.6 is 15.9 Å². The maximum absolute atomic E-state index is 12.5. The molecule has 1 aromatic rings. The summed E-state index contributed by atoms with van der Waals surface area (Å²) in [6.07, 6.45) is -0.724. The average molecular weight is 392 g/mol. The van der Waals surface area contributed by atoms with E-state index in [9.17, 15) is 13.2 Å². The molecule has 0 aromatic heterocycles. The van der Waals surface area contributed by atoms with Crippen molar-refractivity contribution in [1.29, 1.82) is 0 Å². The lowest BCUT2D eigenvalue weighted by atomic mass is 9.95. The van der Waals surface area contributed by atoms with E-state index in [-0.39, 0.29) is 18.1 Å². The minimum Gasteiger partial charge on any atom is -0.465 e. The van der Waals surface area contributed by atoms with Crippen molar-refractivity contribution in [3.05, 3.63) is 28.2 Å². The van der Waals surface area contributed by atoms with E-state index in [0.29, 0.717) is 10.9 Å². The number of hydrogen-bond donors (Lipinski definition) is 2. The van der Waals surface area contributed by atoms with E-state index in [4.69, 9.17) is 9.84 Å². The lowest BCUT2D eigenvalue weighted by Crippen LogP contribution is -2.44. The number of carboxylic acid groups (broad SMARTS) is 1. The fourth-order valence-corrected chi connectivity index (χ4v) is 4.78. The van der Waals surface area contributed by atoms with E-state index in [0.717, 1.165) is 5.56 Å². The van der Waals surface area contributed by atoms with Crippen molar-refractivity contribution in [2.45, 2.75) is 36.0 Å². The van der Waals surface area contributed by atoms with Gasteiger partial charge < -0.3 is 15.2 Å². The van der Waals surface area contributed by atoms with Crippen LogP contribution in [0.15, 0.2) is 27.6 Å². The van der Waals surface area contributed by atoms with Gasteiger partial charge in [0.25, 0.3) is 0 Å². The first-order valence-corrected chi connectivity index (χ1v) is 9.07. The van der Waals surface area contributed by atoms with E-state index in [2.05, 4.69) is 21.2 Å². The summed E-state index contributed by atoms with van der Waals surface area (Å²) in [7, 11) is -3.44. The minimum atomic E-state index is -3.44. The highest BCUT2D eigenvalue weighted by Gasteiger charge is 2.35. The van der Waals surface area contributed by atoms with Crippen molar-refractivity contribution < 1.29 is 23.1 Å². The van der Waals surface area contributed by atoms with Crippen LogP contribution in [0, 0.1) is 0 Å². The van der Waals surface area contributed by atoms with Gasteiger partial charge in [0.1, 0.15) is 5.25 Å². The molecule has 1 aliphatic rings. The van der Waals surface area contributed by atoms with Gasteiger partial charge in [0.05, 0.1) is 18.1 Å². The van der Waals surface area contributed by atoms with Crippen LogP contribution in [0.3, 0.4) is 0 Å². The lowest BCUT2D eigenvalue weighted by Gasteiger charge is -2.27. The second-order valence-electron chi connectivity index (χ2n) is 5.96. The van der Waals surface area contributed by atoms with E-state index >= 15 is 0 Å². The Morgan fingerprint density at radius 2 is 2.09 bits per heavy atom. The van der Waals surface area contributed by atoms with Gasteiger partial charge >= 0.3 is 6.09 Å². The molecule has 1 amide bonds. The molecule has 2 rings (SSSR count). The predicted molar refractivity (Wildman–Crippen MR) is 84.9 cm³/mol. The maximum Gasteiger partial charge on any atom is 0.405 e. The summed E-state index contributed by atoms with van der Waals surface area (Å²) in [6.45, 7) is 3.92. The van der Waals surface area contributed by atoms with Crippen molar-refractivity contribution in [3.63, 3.8) is 0 Å². The summed E-state index contributed by atoms with van der Waals surface area (Å²) in [5.74, 6) is 0. The molecule has 0 spiro atoms. The highest BCUT2D eigenvalue weighted by atomic mass is 79.9. The summed E-state index contributed by atoms with van der Waals surface area (Å²) in [6, 6.07) is 5.06. The zero-order valence-corrected chi connectivity index (χ0v) is 14.7. The van der Waals surface area contributed by atoms with Gasteiger partial charge in [0.2, 0.25) is 0 Å². The molecule has 122 valence electrons. The third kappa shape index (κ3) is 3.80. The molecule has 0 aliphatic carbocycles. The molecule has 1 heterocycles. The number of rotatable bonds is 5. The Morgan fingerprint density at radius 3 is 2.59 bits per heavy atom. The molecule has 0 atom stereocenters. The fourth-order valence-electron chi connectivity index (χ4n) is 2.29. The Kier molecular flexibility index (Phi) is 4.84. The normalized spacial score (nSPS) is 16.1. The van der Waals surface area contributed by atoms with Crippen molar-refractivity contribution in [1.82, 2.24) is 5.32 Å². The number of ether oxygens (including phenoxy) is 1. The summed E-state index contributed by atoms with van der Waals surface area (Å²) in [4.78, 5) is 11.0. The van der Waals surface area contributed by atoms with Crippen LogP contribution in [0.2, 0.25) is 0 Å². The molecule has 0 bridgehead atoms. The summed E-state index contributed by atoms with van der Waals surface area (Å²) in [5, 5.41) is 10.7. The van der Waals surface area contributed by atoms with Crippen LogP contribution in [-0.4, -0.2) is 43.6 Å². The second kappa shape index (κ2) is 6.17. The number of benzene rings is 1. The molecular formula is C14H18BrNO5S. The zero-order chi connectivity index (χ0) is 16.5. The molecule has 0 unspecified atom stereocenters. The molecule has 6 nitrogen and oxygen atoms in total. The summed E-state index contributed by atoms with van der Waals surface area (Å²) >= 11 is 3.28. The number of amides is 1. The van der Waals surface area contributed by atoms with Crippen molar-refractivity contribution in [2.24, 2.45) is 0 Å². The fraction of sp³-hybridized carbons (Fsp3) is 0.500. The molecule has 0 saturated carbocycles. The van der Waals surface area contributed by atoms with Gasteiger partial charge in [-0.2, -0.15) is 0 Å². The largest absolute Gasteiger partial charge is 0.465 e. The van der Waals surface area contributed by atoms with Gasteiger partial charge in [0, 0.05) is 10.0 Å². The van der Waals surface area contributed by atoms with Crippen LogP contribution in [0.1, 0.15) is 19.4 Å². The standard InChI is InChI=1S/C14H18BrNO5S/c1-14(2,16-13(17)18)6-9-3-4-11(15)12(5-9)22(19,20)10-7-21-8-10/h3-5,10,16H,6-8H2,1-2H3,(H,17,18). The van der Waals surface area contributed by atoms with Gasteiger partial charge in [-0.3, -0.25) is 0 Å². The number of sulfone groups is 1. The number of carbonyl (C=O) groups is 1. The summed E-state index contributed by atoms with van der Waals surface area (Å²) < 4.78 is 30.5. The molecule has 8 heteroatoms. The second-order valence-corrected chi connectivity index (χ2v) is 9.01. The quantitative estimate of drug-likeness (QED) is 0.802. The van der Waals surface area contributed by atoms with Crippen LogP contribution in [-0.2, 0) is 21.0 Å². The Bertz CT molecular complexity index is 682. The van der Waals surface area contributed by atoms with E-state index < -0.39 is 26.7 Å². The minimum absolute atomic E-state index is 0.213. The van der Waals surface area contributed by atoms with Gasteiger partial charge in [-0.15, -0.1) is 0 Å². The first-order chi connectivity index (χ1) is 10.1. The van der Waals surface area contributed by atoms with Gasteiger partial charge in [0.15, 0.2) is 9.84 Å². The van der Waals surface area contributed by atoms with Crippen LogP contribution in [0.25, 0.3) is 0 Å². The van der Waals surface area contributed by atoms with Crippen molar-refractivity contribution in [3.8, 4) is 0 Å². The lowest BCUT2D eigenvalue weighted by molar-refractivity contribution is 0.0416. The molecule has 1 fully saturated rings. The molecule has 0 radical (unpaired) electrons. The maximum atomic E-state index is 12.5. The highest BCUT2D eigenvalue weighted by molar-refractivity contribution is 9.10. The summed E-state index contributed by atoms with van der Waals surface area (Å²) in [5.41, 5.74) is 0.0565. The van der Waals surface area contributed by atoms with Gasteiger partial charge in [-0.05, 0) is 53.9 Å². The number of nitrogens with one attached hydrogen (secondary N) is 1. The SMILES string of the molecule is CC(C)(Cc1ccc(Br)c(S(=O)(=O)C2COC2)c1)NC(=O)O. The third-order valence-electron chi connectivity index (χ3n) is 3.44. The van der Waals surface area contributed by atoms with Gasteiger partial charge in [-0.1, -0.05) is 6.07 Å². The van der Waals surface area contributed by atoms with Crippen molar-refractivity contribution >= 4 is 31.9 Å². The monoisotopic (exact) mass is 391 g/mol. The molecule has 1 saturated heterocycles. The first-order valence-electron chi connectivity index (χ1n) is 6.73. The molecular weight excluding hydrogens is 374 g/mol. The Labute approximate surface area is 137 Å². The van der Waals surface area contributed by atoms with Crippen LogP contribution < -0.4 is 5.32 Å². The van der Waals surface area contributed by atoms with E-state index in [1.54, 1.807) is 32.0 Å². The Balaban J connectivity index is 2.29. The smallest absolute Gasteiger partial charge is 0.405 e. The van der Waals surface area contributed by atoms with Gasteiger partial charge in [-0.25, -0.2) is 13.2 Å². The van der Waals surface area contributed by atoms with Crippen molar-refractivity contribution in [2.75, 3.05) is 13.2 Å². The molecule has 1 aliphatic heterocycles. The molecule has 2 N–H and O–H groups in total. The zero-order valence-electron chi connectivity index (χ0n) is 12.3. The number of hydrogen-bond acceptors (Lipinski definition) is 4. The highest BCUT2D eigenvalue weighted by Crippen LogP contribution is 2.30. The van der Waals surface area contributed by atoms with Crippen LogP contribution in [0.5, 0.6) is 0 Å². The average Bonchev–Trinajstić information content (AvgIpc) is 2.26. The predicted octanol–water partition coefficient (Wildman–Crippen LogP) is 2.21. The van der Waals surface area contributed by atoms with Crippen LogP contribution in [0.4, 0.5) is 4.79 Å². The molecule has 22 heavy (non-hydrogen) atoms. The first kappa shape index (κ1) is 17.2. The van der Waals surface area contributed by atoms with E-state index in [1.165, 1.54) is 0 Å². The Hall–Kier alpha value is -1.12.